The van der Waals surface area contributed by atoms with Gasteiger partial charge in [0, 0.05) is 29.9 Å². The van der Waals surface area contributed by atoms with Gasteiger partial charge in [-0.2, -0.15) is 5.26 Å². The summed E-state index contributed by atoms with van der Waals surface area (Å²) in [5, 5.41) is 10.7. The molecule has 1 atom stereocenters. The lowest BCUT2D eigenvalue weighted by Gasteiger charge is -2.13. The van der Waals surface area contributed by atoms with Crippen molar-refractivity contribution in [1.29, 1.82) is 5.26 Å². The van der Waals surface area contributed by atoms with Crippen molar-refractivity contribution in [1.82, 2.24) is 4.98 Å². The van der Waals surface area contributed by atoms with E-state index in [1.807, 2.05) is 31.3 Å². The number of nitrogens with zero attached hydrogens (tertiary/aromatic N) is 3. The van der Waals surface area contributed by atoms with E-state index in [0.717, 1.165) is 23.4 Å². The smallest absolute Gasteiger partial charge is 0.187 e. The van der Waals surface area contributed by atoms with E-state index >= 15 is 0 Å². The van der Waals surface area contributed by atoms with Gasteiger partial charge in [-0.15, -0.1) is 11.3 Å². The summed E-state index contributed by atoms with van der Waals surface area (Å²) in [6.07, 6.45) is 0.987. The number of Topliss-reactive ketones (excluding diaryl/α,β-unsaturated/α-hetero) is 1. The van der Waals surface area contributed by atoms with E-state index in [2.05, 4.69) is 16.0 Å². The highest BCUT2D eigenvalue weighted by atomic mass is 35.5. The molecule has 6 heteroatoms. The molecule has 0 saturated carbocycles. The second kappa shape index (κ2) is 6.14. The summed E-state index contributed by atoms with van der Waals surface area (Å²) in [7, 11) is 2.01. The van der Waals surface area contributed by atoms with E-state index < -0.39 is 5.92 Å². The van der Waals surface area contributed by atoms with Gasteiger partial charge in [-0.3, -0.25) is 4.79 Å². The number of likely N-dealkylation sites (N-methyl/N-ethyl adjacent to an activating group) is 1. The Morgan fingerprint density at radius 3 is 3.00 bits per heavy atom. The van der Waals surface area contributed by atoms with E-state index in [0.29, 0.717) is 21.1 Å². The summed E-state index contributed by atoms with van der Waals surface area (Å²) in [6.45, 7) is 0.952. The number of aromatic nitrogens is 1. The molecule has 0 amide bonds. The number of rotatable bonds is 3. The van der Waals surface area contributed by atoms with Crippen LogP contribution in [0.2, 0.25) is 5.02 Å². The van der Waals surface area contributed by atoms with Gasteiger partial charge >= 0.3 is 0 Å². The Kier molecular flexibility index (Phi) is 3.95. The Hall–Kier alpha value is -2.42. The van der Waals surface area contributed by atoms with Crippen LogP contribution in [0.15, 0.2) is 36.4 Å². The molecule has 1 aliphatic rings. The standard InChI is InChI=1S/C19H14ClN3OS/c1-23-7-6-11-2-3-12(8-16(11)23)18(24)14(10-21)19-22-15-9-13(20)4-5-17(15)25-19/h2-5,8-9,14H,6-7H2,1H3/t14-/m1/s1. The third kappa shape index (κ3) is 2.78. The maximum Gasteiger partial charge on any atom is 0.187 e. The van der Waals surface area contributed by atoms with Gasteiger partial charge in [-0.1, -0.05) is 23.7 Å². The van der Waals surface area contributed by atoms with Crippen LogP contribution in [-0.4, -0.2) is 24.4 Å². The lowest BCUT2D eigenvalue weighted by molar-refractivity contribution is 0.0979. The summed E-state index contributed by atoms with van der Waals surface area (Å²) in [4.78, 5) is 19.5. The molecular weight excluding hydrogens is 354 g/mol. The number of thiazole rings is 1. The van der Waals surface area contributed by atoms with E-state index in [1.165, 1.54) is 16.9 Å². The van der Waals surface area contributed by atoms with Crippen LogP contribution < -0.4 is 4.90 Å². The zero-order valence-electron chi connectivity index (χ0n) is 13.5. The molecule has 0 saturated heterocycles. The lowest BCUT2D eigenvalue weighted by Crippen LogP contribution is -2.14. The molecule has 1 aromatic heterocycles. The van der Waals surface area contributed by atoms with Gasteiger partial charge in [-0.25, -0.2) is 4.98 Å². The average molecular weight is 368 g/mol. The summed E-state index contributed by atoms with van der Waals surface area (Å²) in [5.41, 5.74) is 3.58. The van der Waals surface area contributed by atoms with Crippen LogP contribution in [0.4, 0.5) is 5.69 Å². The molecule has 0 spiro atoms. The first kappa shape index (κ1) is 16.1. The Labute approximate surface area is 154 Å². The first-order chi connectivity index (χ1) is 12.1. The third-order valence-corrected chi connectivity index (χ3v) is 5.84. The molecule has 0 fully saturated rings. The number of benzene rings is 2. The van der Waals surface area contributed by atoms with Crippen LogP contribution in [0, 0.1) is 11.3 Å². The van der Waals surface area contributed by atoms with E-state index in [-0.39, 0.29) is 5.78 Å². The molecule has 2 aromatic carbocycles. The fraction of sp³-hybridized carbons (Fsp3) is 0.211. The Morgan fingerprint density at radius 2 is 2.20 bits per heavy atom. The molecule has 2 heterocycles. The average Bonchev–Trinajstić information content (AvgIpc) is 3.18. The Balaban J connectivity index is 1.72. The van der Waals surface area contributed by atoms with Gasteiger partial charge in [0.15, 0.2) is 11.7 Å². The maximum absolute atomic E-state index is 12.9. The minimum Gasteiger partial charge on any atom is -0.374 e. The quantitative estimate of drug-likeness (QED) is 0.642. The second-order valence-electron chi connectivity index (χ2n) is 6.11. The molecule has 3 aromatic rings. The van der Waals surface area contributed by atoms with Crippen LogP contribution >= 0.6 is 22.9 Å². The highest BCUT2D eigenvalue weighted by Gasteiger charge is 2.27. The Bertz CT molecular complexity index is 1040. The van der Waals surface area contributed by atoms with Gasteiger partial charge < -0.3 is 4.90 Å². The molecule has 0 bridgehead atoms. The topological polar surface area (TPSA) is 57.0 Å². The number of ketones is 1. The monoisotopic (exact) mass is 367 g/mol. The van der Waals surface area contributed by atoms with Crippen molar-refractivity contribution in [3.63, 3.8) is 0 Å². The van der Waals surface area contributed by atoms with Crippen molar-refractivity contribution in [3.05, 3.63) is 57.6 Å². The van der Waals surface area contributed by atoms with Crippen LogP contribution in [0.3, 0.4) is 0 Å². The molecule has 124 valence electrons. The molecule has 0 aliphatic carbocycles. The van der Waals surface area contributed by atoms with Gasteiger partial charge in [0.1, 0.15) is 5.01 Å². The fourth-order valence-electron chi connectivity index (χ4n) is 3.13. The molecule has 0 N–H and O–H groups in total. The van der Waals surface area contributed by atoms with Gasteiger partial charge in [0.2, 0.25) is 0 Å². The fourth-order valence-corrected chi connectivity index (χ4v) is 4.29. The van der Waals surface area contributed by atoms with Crippen molar-refractivity contribution in [3.8, 4) is 6.07 Å². The summed E-state index contributed by atoms with van der Waals surface area (Å²) >= 11 is 7.36. The lowest BCUT2D eigenvalue weighted by atomic mass is 9.97. The number of carbonyl (C=O) groups excluding carboxylic acids is 1. The molecule has 25 heavy (non-hydrogen) atoms. The minimum atomic E-state index is -0.902. The summed E-state index contributed by atoms with van der Waals surface area (Å²) in [5.74, 6) is -1.11. The molecule has 0 unspecified atom stereocenters. The first-order valence-electron chi connectivity index (χ1n) is 7.90. The normalized spacial score (nSPS) is 14.4. The summed E-state index contributed by atoms with van der Waals surface area (Å²) < 4.78 is 0.918. The van der Waals surface area contributed by atoms with Crippen LogP contribution in [0.5, 0.6) is 0 Å². The zero-order chi connectivity index (χ0) is 17.6. The van der Waals surface area contributed by atoms with Crippen LogP contribution in [0.25, 0.3) is 10.2 Å². The van der Waals surface area contributed by atoms with Crippen LogP contribution in [0.1, 0.15) is 26.8 Å². The predicted octanol–water partition coefficient (Wildman–Crippen LogP) is 4.43. The highest BCUT2D eigenvalue weighted by molar-refractivity contribution is 7.18. The minimum absolute atomic E-state index is 0.212. The zero-order valence-corrected chi connectivity index (χ0v) is 15.1. The maximum atomic E-state index is 12.9. The number of hydrogen-bond acceptors (Lipinski definition) is 5. The Morgan fingerprint density at radius 1 is 1.36 bits per heavy atom. The molecule has 0 radical (unpaired) electrons. The number of hydrogen-bond donors (Lipinski definition) is 0. The summed E-state index contributed by atoms with van der Waals surface area (Å²) in [6, 6.07) is 13.2. The molecular formula is C19H14ClN3OS. The highest BCUT2D eigenvalue weighted by Crippen LogP contribution is 2.33. The van der Waals surface area contributed by atoms with Crippen molar-refractivity contribution in [2.24, 2.45) is 0 Å². The number of halogens is 1. The van der Waals surface area contributed by atoms with E-state index in [9.17, 15) is 10.1 Å². The van der Waals surface area contributed by atoms with Gasteiger partial charge in [0.25, 0.3) is 0 Å². The van der Waals surface area contributed by atoms with Crippen molar-refractivity contribution in [2.75, 3.05) is 18.5 Å². The van der Waals surface area contributed by atoms with Crippen molar-refractivity contribution >= 4 is 44.6 Å². The number of anilines is 1. The second-order valence-corrected chi connectivity index (χ2v) is 7.60. The predicted molar refractivity (Wildman–Crippen MR) is 101 cm³/mol. The number of carbonyl (C=O) groups is 1. The third-order valence-electron chi connectivity index (χ3n) is 4.50. The van der Waals surface area contributed by atoms with Gasteiger partial charge in [-0.05, 0) is 36.2 Å². The SMILES string of the molecule is CN1CCc2ccc(C(=O)[C@@H](C#N)c3nc4cc(Cl)ccc4s3)cc21. The van der Waals surface area contributed by atoms with Crippen LogP contribution in [-0.2, 0) is 6.42 Å². The van der Waals surface area contributed by atoms with Gasteiger partial charge in [0.05, 0.1) is 16.3 Å². The number of nitriles is 1. The first-order valence-corrected chi connectivity index (χ1v) is 9.10. The van der Waals surface area contributed by atoms with Crippen molar-refractivity contribution in [2.45, 2.75) is 12.3 Å². The molecule has 4 rings (SSSR count). The van der Waals surface area contributed by atoms with Crippen molar-refractivity contribution < 1.29 is 4.79 Å². The van der Waals surface area contributed by atoms with E-state index in [1.54, 1.807) is 12.1 Å². The largest absolute Gasteiger partial charge is 0.374 e. The molecule has 1 aliphatic heterocycles. The van der Waals surface area contributed by atoms with E-state index in [4.69, 9.17) is 11.6 Å². The molecule has 4 nitrogen and oxygen atoms in total. The number of fused-ring (bicyclic) bond motifs is 2.